The minimum atomic E-state index is -4.42. The molecule has 1 aromatic carbocycles. The molecule has 0 spiro atoms. The molecule has 0 aliphatic rings. The second-order valence-corrected chi connectivity index (χ2v) is 4.30. The van der Waals surface area contributed by atoms with Crippen LogP contribution in [-0.4, -0.2) is 5.60 Å². The highest BCUT2D eigenvalue weighted by molar-refractivity contribution is 5.36. The Bertz CT molecular complexity index is 394. The third-order valence-corrected chi connectivity index (χ3v) is 2.19. The molecule has 0 aromatic heterocycles. The number of rotatable bonds is 4. The summed E-state index contributed by atoms with van der Waals surface area (Å²) in [5, 5.41) is 0. The maximum absolute atomic E-state index is 12.7. The highest BCUT2D eigenvalue weighted by Gasteiger charge is 2.35. The summed E-state index contributed by atoms with van der Waals surface area (Å²) in [6.07, 6.45) is -2.69. The normalized spacial score (nSPS) is 12.3. The monoisotopic (exact) mass is 243 g/mol. The topological polar surface area (TPSA) is 9.23 Å². The van der Waals surface area contributed by atoms with Gasteiger partial charge in [-0.1, -0.05) is 24.8 Å². The van der Waals surface area contributed by atoms with Crippen molar-refractivity contribution in [2.75, 3.05) is 0 Å². The third kappa shape index (κ3) is 3.80. The van der Waals surface area contributed by atoms with E-state index >= 15 is 0 Å². The lowest BCUT2D eigenvalue weighted by Crippen LogP contribution is -2.28. The molecule has 17 heavy (non-hydrogen) atoms. The SMILES string of the molecule is [CH]=CCC(C)(C)Oc1ccccc1C(F)(F)F. The zero-order chi connectivity index (χ0) is 13.1. The number of halogens is 3. The predicted molar refractivity (Wildman–Crippen MR) is 59.6 cm³/mol. The van der Waals surface area contributed by atoms with Gasteiger partial charge >= 0.3 is 6.18 Å². The first-order valence-electron chi connectivity index (χ1n) is 5.15. The molecule has 0 atom stereocenters. The molecular formula is C13H14F3O. The average molecular weight is 243 g/mol. The van der Waals surface area contributed by atoms with Crippen molar-refractivity contribution in [1.82, 2.24) is 0 Å². The molecule has 0 aliphatic carbocycles. The van der Waals surface area contributed by atoms with Crippen LogP contribution in [0.25, 0.3) is 0 Å². The number of para-hydroxylation sites is 1. The number of benzene rings is 1. The van der Waals surface area contributed by atoms with Crippen molar-refractivity contribution in [1.29, 1.82) is 0 Å². The van der Waals surface area contributed by atoms with Crippen LogP contribution in [0.2, 0.25) is 0 Å². The van der Waals surface area contributed by atoms with Crippen LogP contribution in [0.15, 0.2) is 30.3 Å². The molecule has 0 heterocycles. The Kier molecular flexibility index (Phi) is 3.86. The van der Waals surface area contributed by atoms with E-state index in [1.807, 2.05) is 0 Å². The fraction of sp³-hybridized carbons (Fsp3) is 0.385. The lowest BCUT2D eigenvalue weighted by atomic mass is 10.0. The molecule has 1 radical (unpaired) electrons. The second-order valence-electron chi connectivity index (χ2n) is 4.30. The van der Waals surface area contributed by atoms with Gasteiger partial charge in [0.2, 0.25) is 0 Å². The second kappa shape index (κ2) is 4.82. The first-order chi connectivity index (χ1) is 7.76. The fourth-order valence-electron chi connectivity index (χ4n) is 1.41. The van der Waals surface area contributed by atoms with E-state index in [2.05, 4.69) is 0 Å². The Morgan fingerprint density at radius 2 is 1.82 bits per heavy atom. The van der Waals surface area contributed by atoms with Gasteiger partial charge in [-0.15, -0.1) is 0 Å². The van der Waals surface area contributed by atoms with Crippen LogP contribution >= 0.6 is 0 Å². The van der Waals surface area contributed by atoms with Crippen molar-refractivity contribution >= 4 is 0 Å². The van der Waals surface area contributed by atoms with E-state index in [1.165, 1.54) is 24.3 Å². The molecule has 0 aliphatic heterocycles. The van der Waals surface area contributed by atoms with Gasteiger partial charge in [-0.25, -0.2) is 0 Å². The fourth-order valence-corrected chi connectivity index (χ4v) is 1.41. The molecule has 0 N–H and O–H groups in total. The van der Waals surface area contributed by atoms with E-state index in [0.29, 0.717) is 6.42 Å². The molecule has 0 saturated carbocycles. The molecule has 0 saturated heterocycles. The average Bonchev–Trinajstić information content (AvgIpc) is 2.15. The summed E-state index contributed by atoms with van der Waals surface area (Å²) in [6, 6.07) is 5.14. The predicted octanol–water partition coefficient (Wildman–Crippen LogP) is 4.24. The summed E-state index contributed by atoms with van der Waals surface area (Å²) < 4.78 is 43.5. The van der Waals surface area contributed by atoms with Crippen LogP contribution < -0.4 is 4.74 Å². The van der Waals surface area contributed by atoms with Gasteiger partial charge in [0.25, 0.3) is 0 Å². The molecule has 0 amide bonds. The van der Waals surface area contributed by atoms with E-state index < -0.39 is 17.3 Å². The molecule has 1 aromatic rings. The zero-order valence-corrected chi connectivity index (χ0v) is 9.71. The molecular weight excluding hydrogens is 229 g/mol. The van der Waals surface area contributed by atoms with Crippen LogP contribution in [0.1, 0.15) is 25.8 Å². The molecule has 1 rings (SSSR count). The molecule has 4 heteroatoms. The lowest BCUT2D eigenvalue weighted by molar-refractivity contribution is -0.139. The van der Waals surface area contributed by atoms with Crippen LogP contribution in [0, 0.1) is 6.58 Å². The Balaban J connectivity index is 3.03. The Morgan fingerprint density at radius 1 is 1.24 bits per heavy atom. The van der Waals surface area contributed by atoms with Gasteiger partial charge in [0.15, 0.2) is 0 Å². The minimum absolute atomic E-state index is 0.174. The Labute approximate surface area is 98.9 Å². The highest BCUT2D eigenvalue weighted by Crippen LogP contribution is 2.37. The van der Waals surface area contributed by atoms with E-state index in [-0.39, 0.29) is 5.75 Å². The highest BCUT2D eigenvalue weighted by atomic mass is 19.4. The summed E-state index contributed by atoms with van der Waals surface area (Å²) in [7, 11) is 0. The summed E-state index contributed by atoms with van der Waals surface area (Å²) in [6.45, 7) is 8.63. The summed E-state index contributed by atoms with van der Waals surface area (Å²) in [4.78, 5) is 0. The van der Waals surface area contributed by atoms with E-state index in [0.717, 1.165) is 6.07 Å². The van der Waals surface area contributed by atoms with E-state index in [1.54, 1.807) is 13.8 Å². The number of alkyl halides is 3. The first-order valence-corrected chi connectivity index (χ1v) is 5.15. The van der Waals surface area contributed by atoms with E-state index in [9.17, 15) is 13.2 Å². The lowest BCUT2D eigenvalue weighted by Gasteiger charge is -2.26. The van der Waals surface area contributed by atoms with Crippen molar-refractivity contribution < 1.29 is 17.9 Å². The molecule has 0 fully saturated rings. The van der Waals surface area contributed by atoms with Crippen molar-refractivity contribution in [3.8, 4) is 5.75 Å². The minimum Gasteiger partial charge on any atom is -0.487 e. The van der Waals surface area contributed by atoms with E-state index in [4.69, 9.17) is 11.3 Å². The van der Waals surface area contributed by atoms with Crippen LogP contribution in [-0.2, 0) is 6.18 Å². The standard InChI is InChI=1S/C13H14F3O/c1-4-9-12(2,3)17-11-8-6-5-7-10(11)13(14,15)16/h1,4-8H,9H2,2-3H3. The van der Waals surface area contributed by atoms with Crippen LogP contribution in [0.5, 0.6) is 5.75 Å². The largest absolute Gasteiger partial charge is 0.487 e. The third-order valence-electron chi connectivity index (χ3n) is 2.19. The number of ether oxygens (including phenoxy) is 1. The summed E-state index contributed by atoms with van der Waals surface area (Å²) in [5.74, 6) is -0.174. The molecule has 1 nitrogen and oxygen atoms in total. The zero-order valence-electron chi connectivity index (χ0n) is 9.71. The summed E-state index contributed by atoms with van der Waals surface area (Å²) in [5.41, 5.74) is -1.54. The van der Waals surface area contributed by atoms with Crippen molar-refractivity contribution in [3.63, 3.8) is 0 Å². The van der Waals surface area contributed by atoms with Crippen molar-refractivity contribution in [3.05, 3.63) is 42.5 Å². The quantitative estimate of drug-likeness (QED) is 0.768. The molecule has 0 unspecified atom stereocenters. The van der Waals surface area contributed by atoms with Crippen molar-refractivity contribution in [2.45, 2.75) is 32.0 Å². The molecule has 0 bridgehead atoms. The van der Waals surface area contributed by atoms with Gasteiger partial charge in [0, 0.05) is 6.42 Å². The Morgan fingerprint density at radius 3 is 2.35 bits per heavy atom. The number of hydrogen-bond donors (Lipinski definition) is 0. The van der Waals surface area contributed by atoms with Gasteiger partial charge in [-0.05, 0) is 26.0 Å². The van der Waals surface area contributed by atoms with Crippen LogP contribution in [0.3, 0.4) is 0 Å². The van der Waals surface area contributed by atoms with Gasteiger partial charge < -0.3 is 4.74 Å². The maximum Gasteiger partial charge on any atom is 0.419 e. The van der Waals surface area contributed by atoms with Gasteiger partial charge in [-0.3, -0.25) is 0 Å². The number of hydrogen-bond acceptors (Lipinski definition) is 1. The first kappa shape index (κ1) is 13.6. The van der Waals surface area contributed by atoms with Crippen molar-refractivity contribution in [2.24, 2.45) is 0 Å². The summed E-state index contributed by atoms with van der Waals surface area (Å²) >= 11 is 0. The molecule has 93 valence electrons. The smallest absolute Gasteiger partial charge is 0.419 e. The van der Waals surface area contributed by atoms with Gasteiger partial charge in [0.05, 0.1) is 5.56 Å². The maximum atomic E-state index is 12.7. The van der Waals surface area contributed by atoms with Gasteiger partial charge in [-0.2, -0.15) is 13.2 Å². The van der Waals surface area contributed by atoms with Crippen LogP contribution in [0.4, 0.5) is 13.2 Å². The Hall–Kier alpha value is -1.45. The van der Waals surface area contributed by atoms with Gasteiger partial charge in [0.1, 0.15) is 11.4 Å².